The average molecular weight is 215 g/mol. The topological polar surface area (TPSA) is 38.3 Å². The maximum absolute atomic E-state index is 11.5. The lowest BCUT2D eigenvalue weighted by Gasteiger charge is -2.32. The van der Waals surface area contributed by atoms with Crippen LogP contribution in [0.25, 0.3) is 0 Å². The molecule has 0 aliphatic rings. The number of hydrogen-bond acceptors (Lipinski definition) is 3. The van der Waals surface area contributed by atoms with E-state index in [0.29, 0.717) is 13.0 Å². The minimum absolute atomic E-state index is 0.0598. The first-order chi connectivity index (χ1) is 7.14. The Labute approximate surface area is 93.6 Å². The summed E-state index contributed by atoms with van der Waals surface area (Å²) in [6.07, 6.45) is 3.56. The van der Waals surface area contributed by atoms with Crippen molar-refractivity contribution in [3.05, 3.63) is 0 Å². The fourth-order valence-corrected chi connectivity index (χ4v) is 2.01. The smallest absolute Gasteiger partial charge is 0.307 e. The van der Waals surface area contributed by atoms with E-state index in [9.17, 15) is 4.79 Å². The van der Waals surface area contributed by atoms with Crippen LogP contribution in [0.3, 0.4) is 0 Å². The van der Waals surface area contributed by atoms with Crippen LogP contribution in [-0.2, 0) is 9.53 Å². The van der Waals surface area contributed by atoms with Crippen LogP contribution in [0, 0.1) is 0 Å². The molecule has 0 amide bonds. The van der Waals surface area contributed by atoms with Crippen LogP contribution < -0.4 is 5.32 Å². The zero-order valence-electron chi connectivity index (χ0n) is 10.6. The molecule has 15 heavy (non-hydrogen) atoms. The molecule has 0 spiro atoms. The van der Waals surface area contributed by atoms with Crippen LogP contribution >= 0.6 is 0 Å². The van der Waals surface area contributed by atoms with E-state index in [1.54, 1.807) is 0 Å². The Morgan fingerprint density at radius 1 is 1.27 bits per heavy atom. The molecule has 0 heterocycles. The minimum Gasteiger partial charge on any atom is -0.466 e. The Kier molecular flexibility index (Phi) is 7.39. The molecule has 1 atom stereocenters. The number of nitrogens with one attached hydrogen (secondary N) is 1. The van der Waals surface area contributed by atoms with E-state index in [4.69, 9.17) is 4.74 Å². The van der Waals surface area contributed by atoms with Crippen molar-refractivity contribution < 1.29 is 9.53 Å². The second-order valence-electron chi connectivity index (χ2n) is 3.90. The summed E-state index contributed by atoms with van der Waals surface area (Å²) in [5.74, 6) is -0.0891. The molecule has 0 aromatic carbocycles. The maximum Gasteiger partial charge on any atom is 0.307 e. The standard InChI is InChI=1S/C12H25NO2/c1-5-9-12(6-2,13-7-3)10-11(14)15-8-4/h13H,5-10H2,1-4H3. The van der Waals surface area contributed by atoms with E-state index in [1.165, 1.54) is 0 Å². The number of ether oxygens (including phenoxy) is 1. The molecule has 0 aromatic rings. The van der Waals surface area contributed by atoms with Crippen molar-refractivity contribution >= 4 is 5.97 Å². The summed E-state index contributed by atoms with van der Waals surface area (Å²) in [6.45, 7) is 9.55. The van der Waals surface area contributed by atoms with E-state index >= 15 is 0 Å². The fraction of sp³-hybridized carbons (Fsp3) is 0.917. The van der Waals surface area contributed by atoms with Crippen molar-refractivity contribution in [2.24, 2.45) is 0 Å². The zero-order valence-corrected chi connectivity index (χ0v) is 10.6. The fourth-order valence-electron chi connectivity index (χ4n) is 2.01. The molecule has 0 saturated heterocycles. The third-order valence-corrected chi connectivity index (χ3v) is 2.75. The van der Waals surface area contributed by atoms with Crippen LogP contribution in [0.15, 0.2) is 0 Å². The average Bonchev–Trinajstić information content (AvgIpc) is 2.18. The first-order valence-electron chi connectivity index (χ1n) is 6.04. The summed E-state index contributed by atoms with van der Waals surface area (Å²) in [5.41, 5.74) is -0.0598. The van der Waals surface area contributed by atoms with E-state index in [2.05, 4.69) is 26.1 Å². The molecule has 1 unspecified atom stereocenters. The van der Waals surface area contributed by atoms with Gasteiger partial charge in [-0.1, -0.05) is 27.2 Å². The summed E-state index contributed by atoms with van der Waals surface area (Å²) in [5, 5.41) is 3.44. The van der Waals surface area contributed by atoms with Gasteiger partial charge < -0.3 is 10.1 Å². The molecule has 0 saturated carbocycles. The molecule has 0 radical (unpaired) electrons. The molecule has 0 rings (SSSR count). The second kappa shape index (κ2) is 7.69. The van der Waals surface area contributed by atoms with Crippen LogP contribution in [0.2, 0.25) is 0 Å². The minimum atomic E-state index is -0.0891. The molecule has 1 N–H and O–H groups in total. The first kappa shape index (κ1) is 14.4. The van der Waals surface area contributed by atoms with Crippen molar-refractivity contribution in [1.82, 2.24) is 5.32 Å². The second-order valence-corrected chi connectivity index (χ2v) is 3.90. The van der Waals surface area contributed by atoms with Crippen molar-refractivity contribution in [3.63, 3.8) is 0 Å². The highest BCUT2D eigenvalue weighted by atomic mass is 16.5. The van der Waals surface area contributed by atoms with Gasteiger partial charge in [0.25, 0.3) is 0 Å². The normalized spacial score (nSPS) is 14.7. The Bertz CT molecular complexity index is 174. The van der Waals surface area contributed by atoms with E-state index in [0.717, 1.165) is 25.8 Å². The lowest BCUT2D eigenvalue weighted by atomic mass is 9.87. The SMILES string of the molecule is CCCC(CC)(CC(=O)OCC)NCC. The third-order valence-electron chi connectivity index (χ3n) is 2.75. The predicted molar refractivity (Wildman–Crippen MR) is 62.9 cm³/mol. The number of carbonyl (C=O) groups excluding carboxylic acids is 1. The van der Waals surface area contributed by atoms with Gasteiger partial charge in [0.05, 0.1) is 13.0 Å². The van der Waals surface area contributed by atoms with Crippen LogP contribution in [0.4, 0.5) is 0 Å². The van der Waals surface area contributed by atoms with E-state index in [1.807, 2.05) is 6.92 Å². The molecule has 0 bridgehead atoms. The Morgan fingerprint density at radius 3 is 2.33 bits per heavy atom. The quantitative estimate of drug-likeness (QED) is 0.632. The number of carbonyl (C=O) groups is 1. The molecule has 0 aliphatic heterocycles. The van der Waals surface area contributed by atoms with Crippen molar-refractivity contribution in [3.8, 4) is 0 Å². The van der Waals surface area contributed by atoms with Crippen molar-refractivity contribution in [1.29, 1.82) is 0 Å². The summed E-state index contributed by atoms with van der Waals surface area (Å²) in [6, 6.07) is 0. The van der Waals surface area contributed by atoms with Crippen LogP contribution in [0.1, 0.15) is 53.4 Å². The largest absolute Gasteiger partial charge is 0.466 e. The van der Waals surface area contributed by atoms with Crippen LogP contribution in [-0.4, -0.2) is 24.7 Å². The molecule has 0 aliphatic carbocycles. The van der Waals surface area contributed by atoms with Gasteiger partial charge in [-0.25, -0.2) is 0 Å². The zero-order chi connectivity index (χ0) is 11.7. The summed E-state index contributed by atoms with van der Waals surface area (Å²) < 4.78 is 5.01. The van der Waals surface area contributed by atoms with Crippen LogP contribution in [0.5, 0.6) is 0 Å². The first-order valence-corrected chi connectivity index (χ1v) is 6.04. The number of rotatable bonds is 8. The monoisotopic (exact) mass is 215 g/mol. The molecular weight excluding hydrogens is 190 g/mol. The highest BCUT2D eigenvalue weighted by Gasteiger charge is 2.29. The predicted octanol–water partition coefficient (Wildman–Crippen LogP) is 2.50. The van der Waals surface area contributed by atoms with Gasteiger partial charge in [-0.2, -0.15) is 0 Å². The summed E-state index contributed by atoms with van der Waals surface area (Å²) in [7, 11) is 0. The Hall–Kier alpha value is -0.570. The Morgan fingerprint density at radius 2 is 1.93 bits per heavy atom. The molecule has 0 aromatic heterocycles. The highest BCUT2D eigenvalue weighted by Crippen LogP contribution is 2.22. The van der Waals surface area contributed by atoms with Crippen molar-refractivity contribution in [2.45, 2.75) is 58.9 Å². The van der Waals surface area contributed by atoms with Gasteiger partial charge >= 0.3 is 5.97 Å². The molecular formula is C12H25NO2. The molecule has 3 nitrogen and oxygen atoms in total. The van der Waals surface area contributed by atoms with Gasteiger partial charge in [-0.3, -0.25) is 4.79 Å². The maximum atomic E-state index is 11.5. The Balaban J connectivity index is 4.38. The van der Waals surface area contributed by atoms with E-state index in [-0.39, 0.29) is 11.5 Å². The molecule has 0 fully saturated rings. The summed E-state index contributed by atoms with van der Waals surface area (Å²) >= 11 is 0. The lowest BCUT2D eigenvalue weighted by molar-refractivity contribution is -0.145. The van der Waals surface area contributed by atoms with Gasteiger partial charge in [0.1, 0.15) is 0 Å². The molecule has 3 heteroatoms. The third kappa shape index (κ3) is 5.17. The van der Waals surface area contributed by atoms with Gasteiger partial charge in [0.15, 0.2) is 0 Å². The number of esters is 1. The van der Waals surface area contributed by atoms with Gasteiger partial charge in [0.2, 0.25) is 0 Å². The lowest BCUT2D eigenvalue weighted by Crippen LogP contribution is -2.46. The van der Waals surface area contributed by atoms with Gasteiger partial charge in [0, 0.05) is 5.54 Å². The van der Waals surface area contributed by atoms with Crippen molar-refractivity contribution in [2.75, 3.05) is 13.2 Å². The highest BCUT2D eigenvalue weighted by molar-refractivity contribution is 5.70. The number of hydrogen-bond donors (Lipinski definition) is 1. The summed E-state index contributed by atoms with van der Waals surface area (Å²) in [4.78, 5) is 11.5. The van der Waals surface area contributed by atoms with Gasteiger partial charge in [-0.05, 0) is 26.3 Å². The van der Waals surface area contributed by atoms with E-state index < -0.39 is 0 Å². The molecule has 90 valence electrons. The van der Waals surface area contributed by atoms with Gasteiger partial charge in [-0.15, -0.1) is 0 Å².